The average molecular weight is 487 g/mol. The van der Waals surface area contributed by atoms with Crippen LogP contribution >= 0.6 is 11.8 Å². The molecule has 0 fully saturated rings. The fourth-order valence-electron chi connectivity index (χ4n) is 3.83. The van der Waals surface area contributed by atoms with Crippen molar-refractivity contribution in [2.45, 2.75) is 11.3 Å². The molecule has 0 aliphatic carbocycles. The SMILES string of the molecule is CNC(=O)[C@H]1CN(C(=O)CSc2nnc(-c3cccnc3)n2-c2ccccc2)c2ccccc2O1. The summed E-state index contributed by atoms with van der Waals surface area (Å²) in [6, 6.07) is 20.7. The number of pyridine rings is 1. The molecule has 0 saturated heterocycles. The quantitative estimate of drug-likeness (QED) is 0.418. The lowest BCUT2D eigenvalue weighted by Crippen LogP contribution is -2.50. The van der Waals surface area contributed by atoms with Gasteiger partial charge in [-0.3, -0.25) is 19.1 Å². The molecule has 0 radical (unpaired) electrons. The van der Waals surface area contributed by atoms with Gasteiger partial charge in [0.2, 0.25) is 5.91 Å². The molecule has 10 heteroatoms. The number of nitrogens with zero attached hydrogens (tertiary/aromatic N) is 5. The first-order chi connectivity index (χ1) is 17.2. The molecule has 2 amide bonds. The van der Waals surface area contributed by atoms with E-state index in [9.17, 15) is 9.59 Å². The predicted octanol–water partition coefficient (Wildman–Crippen LogP) is 2.96. The summed E-state index contributed by atoms with van der Waals surface area (Å²) in [6.07, 6.45) is 2.65. The van der Waals surface area contributed by atoms with Crippen molar-refractivity contribution < 1.29 is 14.3 Å². The van der Waals surface area contributed by atoms with Crippen molar-refractivity contribution in [1.29, 1.82) is 0 Å². The number of hydrogen-bond acceptors (Lipinski definition) is 7. The van der Waals surface area contributed by atoms with Gasteiger partial charge in [0.25, 0.3) is 5.91 Å². The molecule has 2 aromatic heterocycles. The van der Waals surface area contributed by atoms with Crippen LogP contribution in [0.25, 0.3) is 17.1 Å². The maximum Gasteiger partial charge on any atom is 0.262 e. The van der Waals surface area contributed by atoms with Crippen molar-refractivity contribution in [3.8, 4) is 22.8 Å². The highest BCUT2D eigenvalue weighted by atomic mass is 32.2. The lowest BCUT2D eigenvalue weighted by atomic mass is 10.2. The molecule has 9 nitrogen and oxygen atoms in total. The van der Waals surface area contributed by atoms with E-state index in [0.29, 0.717) is 22.4 Å². The Morgan fingerprint density at radius 2 is 1.86 bits per heavy atom. The van der Waals surface area contributed by atoms with Gasteiger partial charge in [0.1, 0.15) is 5.75 Å². The molecular weight excluding hydrogens is 464 g/mol. The lowest BCUT2D eigenvalue weighted by Gasteiger charge is -2.34. The third kappa shape index (κ3) is 4.60. The van der Waals surface area contributed by atoms with Crippen LogP contribution in [0.15, 0.2) is 84.3 Å². The molecule has 0 bridgehead atoms. The van der Waals surface area contributed by atoms with E-state index in [1.807, 2.05) is 65.2 Å². The van der Waals surface area contributed by atoms with Crippen LogP contribution in [0.4, 0.5) is 5.69 Å². The van der Waals surface area contributed by atoms with Crippen molar-refractivity contribution in [3.63, 3.8) is 0 Å². The van der Waals surface area contributed by atoms with Gasteiger partial charge in [-0.05, 0) is 36.4 Å². The second kappa shape index (κ2) is 9.98. The standard InChI is InChI=1S/C25H22N6O3S/c1-26-24(33)21-15-30(19-11-5-6-12-20(19)34-21)22(32)16-35-25-29-28-23(17-8-7-13-27-14-17)31(25)18-9-3-2-4-10-18/h2-14,21H,15-16H2,1H3,(H,26,33)/t21-/m1/s1. The van der Waals surface area contributed by atoms with Crippen LogP contribution in [0.3, 0.4) is 0 Å². The van der Waals surface area contributed by atoms with Crippen LogP contribution in [0.1, 0.15) is 0 Å². The third-order valence-corrected chi connectivity index (χ3v) is 6.42. The molecule has 0 saturated carbocycles. The summed E-state index contributed by atoms with van der Waals surface area (Å²) in [5.41, 5.74) is 2.33. The topological polar surface area (TPSA) is 102 Å². The average Bonchev–Trinajstić information content (AvgIpc) is 3.35. The zero-order chi connectivity index (χ0) is 24.2. The van der Waals surface area contributed by atoms with E-state index >= 15 is 0 Å². The van der Waals surface area contributed by atoms with Crippen LogP contribution in [-0.4, -0.2) is 57.0 Å². The van der Waals surface area contributed by atoms with Crippen molar-refractivity contribution in [2.75, 3.05) is 24.2 Å². The zero-order valence-electron chi connectivity index (χ0n) is 18.9. The number of nitrogens with one attached hydrogen (secondary N) is 1. The summed E-state index contributed by atoms with van der Waals surface area (Å²) >= 11 is 1.29. The Balaban J connectivity index is 1.42. The largest absolute Gasteiger partial charge is 0.477 e. The number of rotatable bonds is 6. The molecule has 3 heterocycles. The predicted molar refractivity (Wildman–Crippen MR) is 133 cm³/mol. The smallest absolute Gasteiger partial charge is 0.262 e. The van der Waals surface area contributed by atoms with E-state index < -0.39 is 6.10 Å². The number of aromatic nitrogens is 4. The second-order valence-electron chi connectivity index (χ2n) is 7.70. The van der Waals surface area contributed by atoms with Gasteiger partial charge in [0, 0.05) is 30.7 Å². The Morgan fingerprint density at radius 3 is 2.63 bits per heavy atom. The number of carbonyl (C=O) groups is 2. The van der Waals surface area contributed by atoms with Crippen LogP contribution < -0.4 is 15.0 Å². The van der Waals surface area contributed by atoms with Gasteiger partial charge < -0.3 is 15.0 Å². The highest BCUT2D eigenvalue weighted by Crippen LogP contribution is 2.34. The number of hydrogen-bond donors (Lipinski definition) is 1. The molecule has 1 N–H and O–H groups in total. The van der Waals surface area contributed by atoms with Crippen molar-refractivity contribution in [1.82, 2.24) is 25.1 Å². The number of thioether (sulfide) groups is 1. The monoisotopic (exact) mass is 486 g/mol. The summed E-state index contributed by atoms with van der Waals surface area (Å²) in [6.45, 7) is 0.127. The van der Waals surface area contributed by atoms with E-state index in [1.165, 1.54) is 11.8 Å². The van der Waals surface area contributed by atoms with E-state index in [2.05, 4.69) is 20.5 Å². The van der Waals surface area contributed by atoms with Gasteiger partial charge in [0.15, 0.2) is 17.1 Å². The molecule has 4 aromatic rings. The number of fused-ring (bicyclic) bond motifs is 1. The normalized spacial score (nSPS) is 14.7. The molecule has 1 aliphatic rings. The maximum absolute atomic E-state index is 13.4. The Morgan fingerprint density at radius 1 is 1.06 bits per heavy atom. The minimum atomic E-state index is -0.783. The molecule has 35 heavy (non-hydrogen) atoms. The first kappa shape index (κ1) is 22.6. The second-order valence-corrected chi connectivity index (χ2v) is 8.64. The van der Waals surface area contributed by atoms with E-state index in [0.717, 1.165) is 11.3 Å². The van der Waals surface area contributed by atoms with Crippen LogP contribution in [0.5, 0.6) is 5.75 Å². The van der Waals surface area contributed by atoms with Crippen molar-refractivity contribution in [2.24, 2.45) is 0 Å². The first-order valence-corrected chi connectivity index (χ1v) is 12.0. The molecule has 176 valence electrons. The van der Waals surface area contributed by atoms with Crippen LogP contribution in [0.2, 0.25) is 0 Å². The van der Waals surface area contributed by atoms with Crippen LogP contribution in [-0.2, 0) is 9.59 Å². The summed E-state index contributed by atoms with van der Waals surface area (Å²) in [5.74, 6) is 0.792. The number of carbonyl (C=O) groups excluding carboxylic acids is 2. The molecule has 2 aromatic carbocycles. The highest BCUT2D eigenvalue weighted by molar-refractivity contribution is 7.99. The van der Waals surface area contributed by atoms with E-state index in [4.69, 9.17) is 4.74 Å². The Bertz CT molecular complexity index is 1350. The zero-order valence-corrected chi connectivity index (χ0v) is 19.7. The fraction of sp³-hybridized carbons (Fsp3) is 0.160. The lowest BCUT2D eigenvalue weighted by molar-refractivity contribution is -0.127. The van der Waals surface area contributed by atoms with Gasteiger partial charge in [-0.15, -0.1) is 10.2 Å². The number of likely N-dealkylation sites (N-methyl/N-ethyl adjacent to an activating group) is 1. The molecular formula is C25H22N6O3S. The summed E-state index contributed by atoms with van der Waals surface area (Å²) in [4.78, 5) is 31.4. The minimum absolute atomic E-state index is 0.104. The number of amides is 2. The summed E-state index contributed by atoms with van der Waals surface area (Å²) in [5, 5.41) is 11.9. The molecule has 1 atom stereocenters. The molecule has 0 unspecified atom stereocenters. The number of anilines is 1. The molecule has 1 aliphatic heterocycles. The van der Waals surface area contributed by atoms with Gasteiger partial charge in [-0.25, -0.2) is 0 Å². The Hall–Kier alpha value is -4.18. The van der Waals surface area contributed by atoms with Crippen LogP contribution in [0, 0.1) is 0 Å². The van der Waals surface area contributed by atoms with E-state index in [-0.39, 0.29) is 24.1 Å². The summed E-state index contributed by atoms with van der Waals surface area (Å²) in [7, 11) is 1.55. The Kier molecular flexibility index (Phi) is 6.44. The summed E-state index contributed by atoms with van der Waals surface area (Å²) < 4.78 is 7.72. The fourth-order valence-corrected chi connectivity index (χ4v) is 4.66. The first-order valence-electron chi connectivity index (χ1n) is 11.0. The van der Waals surface area contributed by atoms with Gasteiger partial charge >= 0.3 is 0 Å². The minimum Gasteiger partial charge on any atom is -0.477 e. The van der Waals surface area contributed by atoms with Crippen molar-refractivity contribution >= 4 is 29.3 Å². The third-order valence-electron chi connectivity index (χ3n) is 5.51. The Labute approximate surface area is 206 Å². The molecule has 5 rings (SSSR count). The molecule has 0 spiro atoms. The number of ether oxygens (including phenoxy) is 1. The van der Waals surface area contributed by atoms with Crippen molar-refractivity contribution in [3.05, 3.63) is 79.1 Å². The van der Waals surface area contributed by atoms with Gasteiger partial charge in [-0.1, -0.05) is 42.1 Å². The van der Waals surface area contributed by atoms with Gasteiger partial charge in [0.05, 0.1) is 18.0 Å². The van der Waals surface area contributed by atoms with E-state index in [1.54, 1.807) is 30.4 Å². The number of para-hydroxylation sites is 3. The number of benzene rings is 2. The van der Waals surface area contributed by atoms with Gasteiger partial charge in [-0.2, -0.15) is 0 Å². The highest BCUT2D eigenvalue weighted by Gasteiger charge is 2.33. The maximum atomic E-state index is 13.4.